The molecule has 0 aliphatic carbocycles. The van der Waals surface area contributed by atoms with Crippen LogP contribution < -0.4 is 9.64 Å². The highest BCUT2D eigenvalue weighted by molar-refractivity contribution is 7.13. The second-order valence-electron chi connectivity index (χ2n) is 5.60. The van der Waals surface area contributed by atoms with Gasteiger partial charge in [-0.3, -0.25) is 4.79 Å². The van der Waals surface area contributed by atoms with E-state index in [1.54, 1.807) is 24.4 Å². The molecule has 134 valence electrons. The van der Waals surface area contributed by atoms with E-state index >= 15 is 0 Å². The summed E-state index contributed by atoms with van der Waals surface area (Å²) in [5, 5.41) is 2.60. The van der Waals surface area contributed by atoms with Crippen molar-refractivity contribution in [2.24, 2.45) is 0 Å². The largest absolute Gasteiger partial charge is 0.491 e. The summed E-state index contributed by atoms with van der Waals surface area (Å²) in [6.07, 6.45) is 0. The number of benzene rings is 2. The quantitative estimate of drug-likeness (QED) is 0.589. The molecule has 1 heterocycles. The fraction of sp³-hybridized carbons (Fsp3) is 0.200. The van der Waals surface area contributed by atoms with Crippen LogP contribution in [0.5, 0.6) is 5.75 Å². The molecule has 0 unspecified atom stereocenters. The Balaban J connectivity index is 1.70. The molecule has 0 spiro atoms. The zero-order valence-corrected chi connectivity index (χ0v) is 15.5. The normalized spacial score (nSPS) is 10.5. The molecule has 0 atom stereocenters. The number of methoxy groups -OCH3 is 1. The van der Waals surface area contributed by atoms with Crippen LogP contribution >= 0.6 is 11.3 Å². The summed E-state index contributed by atoms with van der Waals surface area (Å²) < 4.78 is 10.5. The minimum absolute atomic E-state index is 0.127. The molecule has 3 rings (SSSR count). The van der Waals surface area contributed by atoms with Gasteiger partial charge >= 0.3 is 0 Å². The van der Waals surface area contributed by atoms with Crippen molar-refractivity contribution in [1.82, 2.24) is 4.98 Å². The number of rotatable bonds is 7. The summed E-state index contributed by atoms with van der Waals surface area (Å²) in [6, 6.07) is 17.2. The van der Waals surface area contributed by atoms with E-state index in [2.05, 4.69) is 4.98 Å². The van der Waals surface area contributed by atoms with E-state index in [-0.39, 0.29) is 5.91 Å². The lowest BCUT2D eigenvalue weighted by Crippen LogP contribution is -2.26. The Morgan fingerprint density at radius 1 is 1.08 bits per heavy atom. The van der Waals surface area contributed by atoms with Crippen molar-refractivity contribution in [3.05, 3.63) is 65.7 Å². The molecule has 2 aromatic carbocycles. The topological polar surface area (TPSA) is 51.7 Å². The van der Waals surface area contributed by atoms with Crippen molar-refractivity contribution >= 4 is 22.9 Å². The second kappa shape index (κ2) is 8.60. The number of nitrogens with zero attached hydrogens (tertiary/aromatic N) is 2. The van der Waals surface area contributed by atoms with Crippen LogP contribution in [-0.4, -0.2) is 38.3 Å². The molecule has 3 aromatic rings. The van der Waals surface area contributed by atoms with Crippen molar-refractivity contribution in [3.63, 3.8) is 0 Å². The molecule has 0 aliphatic rings. The molecule has 0 saturated heterocycles. The molecule has 0 aliphatic heterocycles. The van der Waals surface area contributed by atoms with E-state index in [1.165, 1.54) is 11.3 Å². The molecule has 6 heteroatoms. The van der Waals surface area contributed by atoms with Gasteiger partial charge < -0.3 is 14.4 Å². The van der Waals surface area contributed by atoms with Gasteiger partial charge in [0.05, 0.1) is 6.61 Å². The van der Waals surface area contributed by atoms with Gasteiger partial charge in [0.25, 0.3) is 5.91 Å². The van der Waals surface area contributed by atoms with Crippen LogP contribution in [0.3, 0.4) is 0 Å². The van der Waals surface area contributed by atoms with Gasteiger partial charge in [-0.1, -0.05) is 18.2 Å². The van der Waals surface area contributed by atoms with Gasteiger partial charge in [-0.05, 0) is 36.4 Å². The highest BCUT2D eigenvalue weighted by atomic mass is 32.1. The first-order chi connectivity index (χ1) is 12.7. The fourth-order valence-corrected chi connectivity index (χ4v) is 3.18. The average Bonchev–Trinajstić information content (AvgIpc) is 3.18. The third-order valence-electron chi connectivity index (χ3n) is 3.83. The predicted molar refractivity (Wildman–Crippen MR) is 104 cm³/mol. The van der Waals surface area contributed by atoms with Gasteiger partial charge in [-0.25, -0.2) is 4.98 Å². The number of hydrogen-bond donors (Lipinski definition) is 0. The van der Waals surface area contributed by atoms with Crippen molar-refractivity contribution < 1.29 is 14.3 Å². The van der Waals surface area contributed by atoms with E-state index < -0.39 is 0 Å². The minimum atomic E-state index is -0.127. The van der Waals surface area contributed by atoms with E-state index in [0.29, 0.717) is 18.9 Å². The number of anilines is 1. The van der Waals surface area contributed by atoms with Crippen molar-refractivity contribution in [2.75, 3.05) is 32.3 Å². The van der Waals surface area contributed by atoms with E-state index in [4.69, 9.17) is 9.47 Å². The number of para-hydroxylation sites is 1. The van der Waals surface area contributed by atoms with Gasteiger partial charge in [0, 0.05) is 30.8 Å². The maximum atomic E-state index is 12.6. The Kier molecular flexibility index (Phi) is 5.99. The SMILES string of the molecule is COCCOc1ccc(-c2nc(C(=O)N(C)c3ccccc3)cs2)cc1. The van der Waals surface area contributed by atoms with Crippen LogP contribution in [0.1, 0.15) is 10.5 Å². The molecule has 1 amide bonds. The van der Waals surface area contributed by atoms with Crippen LogP contribution in [0.4, 0.5) is 5.69 Å². The molecule has 26 heavy (non-hydrogen) atoms. The smallest absolute Gasteiger partial charge is 0.277 e. The van der Waals surface area contributed by atoms with Crippen LogP contribution in [0, 0.1) is 0 Å². The van der Waals surface area contributed by atoms with Gasteiger partial charge in [0.2, 0.25) is 0 Å². The molecule has 0 radical (unpaired) electrons. The molecule has 0 fully saturated rings. The van der Waals surface area contributed by atoms with Crippen LogP contribution in [-0.2, 0) is 4.74 Å². The number of ether oxygens (including phenoxy) is 2. The van der Waals surface area contributed by atoms with Gasteiger partial charge in [-0.2, -0.15) is 0 Å². The Bertz CT molecular complexity index is 847. The lowest BCUT2D eigenvalue weighted by atomic mass is 10.2. The fourth-order valence-electron chi connectivity index (χ4n) is 2.38. The maximum absolute atomic E-state index is 12.6. The Morgan fingerprint density at radius 2 is 1.81 bits per heavy atom. The summed E-state index contributed by atoms with van der Waals surface area (Å²) in [7, 11) is 3.39. The standard InChI is InChI=1S/C20H20N2O3S/c1-22(16-6-4-3-5-7-16)20(23)18-14-26-19(21-18)15-8-10-17(11-9-15)25-13-12-24-2/h3-11,14H,12-13H2,1-2H3. The number of carbonyl (C=O) groups is 1. The molecule has 0 bridgehead atoms. The lowest BCUT2D eigenvalue weighted by molar-refractivity contribution is 0.0989. The number of amides is 1. The van der Waals surface area contributed by atoms with E-state index in [9.17, 15) is 4.79 Å². The Labute approximate surface area is 156 Å². The van der Waals surface area contributed by atoms with Crippen molar-refractivity contribution in [3.8, 4) is 16.3 Å². The Hall–Kier alpha value is -2.70. The third-order valence-corrected chi connectivity index (χ3v) is 4.72. The summed E-state index contributed by atoms with van der Waals surface area (Å²) in [6.45, 7) is 1.06. The number of aromatic nitrogens is 1. The Morgan fingerprint density at radius 3 is 2.50 bits per heavy atom. The molecule has 5 nitrogen and oxygen atoms in total. The minimum Gasteiger partial charge on any atom is -0.491 e. The zero-order chi connectivity index (χ0) is 18.4. The average molecular weight is 368 g/mol. The summed E-state index contributed by atoms with van der Waals surface area (Å²) in [5.74, 6) is 0.653. The molecule has 1 aromatic heterocycles. The monoisotopic (exact) mass is 368 g/mol. The van der Waals surface area contributed by atoms with Crippen LogP contribution in [0.2, 0.25) is 0 Å². The highest BCUT2D eigenvalue weighted by Crippen LogP contribution is 2.26. The van der Waals surface area contributed by atoms with Gasteiger partial charge in [0.1, 0.15) is 23.1 Å². The first-order valence-corrected chi connectivity index (χ1v) is 9.08. The first-order valence-electron chi connectivity index (χ1n) is 8.20. The maximum Gasteiger partial charge on any atom is 0.277 e. The lowest BCUT2D eigenvalue weighted by Gasteiger charge is -2.15. The molecule has 0 saturated carbocycles. The van der Waals surface area contributed by atoms with Crippen LogP contribution in [0.15, 0.2) is 60.0 Å². The van der Waals surface area contributed by atoms with Gasteiger partial charge in [0.15, 0.2) is 0 Å². The van der Waals surface area contributed by atoms with Crippen molar-refractivity contribution in [1.29, 1.82) is 0 Å². The predicted octanol–water partition coefficient (Wildman–Crippen LogP) is 4.11. The van der Waals surface area contributed by atoms with Crippen molar-refractivity contribution in [2.45, 2.75) is 0 Å². The highest BCUT2D eigenvalue weighted by Gasteiger charge is 2.17. The molecular weight excluding hydrogens is 348 g/mol. The summed E-state index contributed by atoms with van der Waals surface area (Å²) in [5.41, 5.74) is 2.23. The van der Waals surface area contributed by atoms with Crippen LogP contribution in [0.25, 0.3) is 10.6 Å². The third kappa shape index (κ3) is 4.28. The first kappa shape index (κ1) is 18.1. The molecular formula is C20H20N2O3S. The second-order valence-corrected chi connectivity index (χ2v) is 6.46. The summed E-state index contributed by atoms with van der Waals surface area (Å²) in [4.78, 5) is 18.7. The summed E-state index contributed by atoms with van der Waals surface area (Å²) >= 11 is 1.45. The molecule has 0 N–H and O–H groups in total. The van der Waals surface area contributed by atoms with Gasteiger partial charge in [-0.15, -0.1) is 11.3 Å². The zero-order valence-electron chi connectivity index (χ0n) is 14.7. The number of hydrogen-bond acceptors (Lipinski definition) is 5. The number of thiazole rings is 1. The van der Waals surface area contributed by atoms with E-state index in [1.807, 2.05) is 54.6 Å². The number of carbonyl (C=O) groups excluding carboxylic acids is 1. The van der Waals surface area contributed by atoms with E-state index in [0.717, 1.165) is 22.0 Å².